The zero-order chi connectivity index (χ0) is 10.4. The molecular weight excluding hydrogens is 179 g/mol. The molecule has 0 fully saturated rings. The minimum Gasteiger partial charge on any atom is -0.494 e. The fourth-order valence-electron chi connectivity index (χ4n) is 1.02. The first-order valence-electron chi connectivity index (χ1n) is 4.38. The molecule has 0 aliphatic rings. The van der Waals surface area contributed by atoms with Gasteiger partial charge in [-0.15, -0.1) is 0 Å². The summed E-state index contributed by atoms with van der Waals surface area (Å²) in [7, 11) is 5.54. The zero-order valence-corrected chi connectivity index (χ0v) is 7.77. The number of ether oxygens (including phenoxy) is 1. The molecule has 14 heavy (non-hydrogen) atoms. The van der Waals surface area contributed by atoms with Gasteiger partial charge in [-0.25, -0.2) is 0 Å². The number of aliphatic carboxylic acids is 1. The zero-order valence-electron chi connectivity index (χ0n) is 7.77. The van der Waals surface area contributed by atoms with Crippen molar-refractivity contribution in [2.75, 3.05) is 6.61 Å². The molecule has 0 unspecified atom stereocenters. The summed E-state index contributed by atoms with van der Waals surface area (Å²) in [5.74, 6) is -0.128. The van der Waals surface area contributed by atoms with E-state index in [9.17, 15) is 4.79 Å². The van der Waals surface area contributed by atoms with Gasteiger partial charge in [-0.3, -0.25) is 4.79 Å². The van der Waals surface area contributed by atoms with E-state index < -0.39 is 5.97 Å². The molecule has 4 heteroatoms. The van der Waals surface area contributed by atoms with E-state index >= 15 is 0 Å². The molecule has 1 N–H and O–H groups in total. The van der Waals surface area contributed by atoms with Gasteiger partial charge in [-0.1, -0.05) is 17.6 Å². The lowest BCUT2D eigenvalue weighted by molar-refractivity contribution is -0.137. The Morgan fingerprint density at radius 2 is 2.29 bits per heavy atom. The normalized spacial score (nSPS) is 9.71. The Morgan fingerprint density at radius 1 is 1.50 bits per heavy atom. The summed E-state index contributed by atoms with van der Waals surface area (Å²) in [6.07, 6.45) is 0.631. The maximum absolute atomic E-state index is 10.2. The molecule has 1 aromatic rings. The molecule has 0 saturated heterocycles. The number of hydrogen-bond acceptors (Lipinski definition) is 2. The first-order valence-corrected chi connectivity index (χ1v) is 4.38. The van der Waals surface area contributed by atoms with Crippen molar-refractivity contribution >= 4 is 19.3 Å². The van der Waals surface area contributed by atoms with Crippen LogP contribution in [0.25, 0.3) is 0 Å². The summed E-state index contributed by atoms with van der Waals surface area (Å²) in [4.78, 5) is 10.2. The van der Waals surface area contributed by atoms with Gasteiger partial charge < -0.3 is 9.84 Å². The van der Waals surface area contributed by atoms with E-state index in [4.69, 9.17) is 17.7 Å². The van der Waals surface area contributed by atoms with Crippen LogP contribution < -0.4 is 10.2 Å². The summed E-state index contributed by atoms with van der Waals surface area (Å²) in [6.45, 7) is 0.399. The van der Waals surface area contributed by atoms with Crippen molar-refractivity contribution in [2.45, 2.75) is 12.8 Å². The lowest BCUT2D eigenvalue weighted by atomic mass is 9.96. The maximum atomic E-state index is 10.2. The Balaban J connectivity index is 2.28. The summed E-state index contributed by atoms with van der Waals surface area (Å²) in [5.41, 5.74) is 0.640. The second-order valence-corrected chi connectivity index (χ2v) is 2.92. The highest BCUT2D eigenvalue weighted by Crippen LogP contribution is 2.07. The van der Waals surface area contributed by atoms with Crippen LogP contribution in [0, 0.1) is 0 Å². The predicted octanol–water partition coefficient (Wildman–Crippen LogP) is 0.724. The van der Waals surface area contributed by atoms with E-state index in [0.29, 0.717) is 24.2 Å². The van der Waals surface area contributed by atoms with E-state index in [2.05, 4.69) is 0 Å². The summed E-state index contributed by atoms with van der Waals surface area (Å²) in [5, 5.41) is 8.38. The Labute approximate surface area is 84.1 Å². The second kappa shape index (κ2) is 5.32. The van der Waals surface area contributed by atoms with Crippen molar-refractivity contribution in [3.63, 3.8) is 0 Å². The number of carboxylic acid groups (broad SMARTS) is 1. The molecule has 0 amide bonds. The van der Waals surface area contributed by atoms with Crippen LogP contribution in [0.5, 0.6) is 5.75 Å². The molecule has 72 valence electrons. The summed E-state index contributed by atoms with van der Waals surface area (Å²) < 4.78 is 5.29. The van der Waals surface area contributed by atoms with E-state index in [1.807, 2.05) is 0 Å². The number of benzene rings is 1. The van der Waals surface area contributed by atoms with E-state index in [1.54, 1.807) is 24.3 Å². The van der Waals surface area contributed by atoms with Crippen molar-refractivity contribution in [3.8, 4) is 5.75 Å². The monoisotopic (exact) mass is 190 g/mol. The molecule has 0 heterocycles. The highest BCUT2D eigenvalue weighted by molar-refractivity contribution is 6.32. The van der Waals surface area contributed by atoms with Gasteiger partial charge in [0, 0.05) is 6.42 Å². The molecular formula is C10H11BO3. The molecule has 0 saturated carbocycles. The third-order valence-corrected chi connectivity index (χ3v) is 1.66. The number of carboxylic acids is 1. The summed E-state index contributed by atoms with van der Waals surface area (Å²) >= 11 is 0. The molecule has 0 atom stereocenters. The molecule has 3 nitrogen and oxygen atoms in total. The van der Waals surface area contributed by atoms with Crippen LogP contribution in [0.4, 0.5) is 0 Å². The minimum atomic E-state index is -0.804. The Morgan fingerprint density at radius 3 is 2.93 bits per heavy atom. The van der Waals surface area contributed by atoms with Gasteiger partial charge in [-0.05, 0) is 18.6 Å². The van der Waals surface area contributed by atoms with Crippen LogP contribution in [0.3, 0.4) is 0 Å². The highest BCUT2D eigenvalue weighted by atomic mass is 16.5. The van der Waals surface area contributed by atoms with Gasteiger partial charge in [0.1, 0.15) is 13.6 Å². The lowest BCUT2D eigenvalue weighted by Gasteiger charge is -2.05. The van der Waals surface area contributed by atoms with E-state index in [1.165, 1.54) is 0 Å². The highest BCUT2D eigenvalue weighted by Gasteiger charge is 1.97. The van der Waals surface area contributed by atoms with Crippen LogP contribution in [0.15, 0.2) is 24.3 Å². The molecule has 2 radical (unpaired) electrons. The standard InChI is InChI=1S/C10H11BO3/c11-8-3-1-4-9(7-8)14-6-2-5-10(12)13/h1,3-4,7H,2,5-6H2,(H,12,13). The van der Waals surface area contributed by atoms with Gasteiger partial charge in [0.25, 0.3) is 0 Å². The quantitative estimate of drug-likeness (QED) is 0.549. The first kappa shape index (κ1) is 10.6. The summed E-state index contributed by atoms with van der Waals surface area (Å²) in [6, 6.07) is 7.06. The first-order chi connectivity index (χ1) is 6.68. The third kappa shape index (κ3) is 3.98. The maximum Gasteiger partial charge on any atom is 0.303 e. The number of hydrogen-bond donors (Lipinski definition) is 1. The van der Waals surface area contributed by atoms with Crippen LogP contribution in [-0.2, 0) is 4.79 Å². The fourth-order valence-corrected chi connectivity index (χ4v) is 1.02. The van der Waals surface area contributed by atoms with Crippen molar-refractivity contribution < 1.29 is 14.6 Å². The lowest BCUT2D eigenvalue weighted by Crippen LogP contribution is -2.05. The predicted molar refractivity (Wildman–Crippen MR) is 54.2 cm³/mol. The number of carbonyl (C=O) groups is 1. The average Bonchev–Trinajstić information content (AvgIpc) is 2.12. The van der Waals surface area contributed by atoms with Crippen LogP contribution in [-0.4, -0.2) is 25.5 Å². The van der Waals surface area contributed by atoms with Crippen LogP contribution in [0.1, 0.15) is 12.8 Å². The molecule has 1 rings (SSSR count). The van der Waals surface area contributed by atoms with Crippen molar-refractivity contribution in [2.24, 2.45) is 0 Å². The van der Waals surface area contributed by atoms with Gasteiger partial charge in [0.2, 0.25) is 0 Å². The van der Waals surface area contributed by atoms with Gasteiger partial charge in [-0.2, -0.15) is 0 Å². The van der Waals surface area contributed by atoms with E-state index in [-0.39, 0.29) is 6.42 Å². The topological polar surface area (TPSA) is 46.5 Å². The van der Waals surface area contributed by atoms with Crippen molar-refractivity contribution in [3.05, 3.63) is 24.3 Å². The van der Waals surface area contributed by atoms with Crippen molar-refractivity contribution in [1.29, 1.82) is 0 Å². The second-order valence-electron chi connectivity index (χ2n) is 2.92. The molecule has 0 aliphatic heterocycles. The fraction of sp³-hybridized carbons (Fsp3) is 0.300. The third-order valence-electron chi connectivity index (χ3n) is 1.66. The SMILES string of the molecule is [B]c1cccc(OCCCC(=O)O)c1. The number of rotatable bonds is 5. The Hall–Kier alpha value is -1.45. The van der Waals surface area contributed by atoms with Gasteiger partial charge >= 0.3 is 5.97 Å². The molecule has 0 bridgehead atoms. The molecule has 0 aliphatic carbocycles. The molecule has 0 aromatic heterocycles. The molecule has 0 spiro atoms. The molecule has 1 aromatic carbocycles. The van der Waals surface area contributed by atoms with Gasteiger partial charge in [0.05, 0.1) is 6.61 Å². The van der Waals surface area contributed by atoms with Crippen molar-refractivity contribution in [1.82, 2.24) is 0 Å². The minimum absolute atomic E-state index is 0.127. The average molecular weight is 190 g/mol. The van der Waals surface area contributed by atoms with E-state index in [0.717, 1.165) is 0 Å². The van der Waals surface area contributed by atoms with Gasteiger partial charge in [0.15, 0.2) is 0 Å². The Kier molecular flexibility index (Phi) is 4.04. The largest absolute Gasteiger partial charge is 0.494 e. The Bertz CT molecular complexity index is 312. The smallest absolute Gasteiger partial charge is 0.303 e. The van der Waals surface area contributed by atoms with Crippen LogP contribution in [0.2, 0.25) is 0 Å². The van der Waals surface area contributed by atoms with Crippen LogP contribution >= 0.6 is 0 Å².